The van der Waals surface area contributed by atoms with Crippen molar-refractivity contribution in [2.24, 2.45) is 0 Å². The summed E-state index contributed by atoms with van der Waals surface area (Å²) in [5.41, 5.74) is 0. The first-order valence-corrected chi connectivity index (χ1v) is 6.33. The largest absolute Gasteiger partial charge is 0.358 e. The molecule has 2 rings (SSSR count). The lowest BCUT2D eigenvalue weighted by Gasteiger charge is -2.17. The quantitative estimate of drug-likeness (QED) is 0.802. The van der Waals surface area contributed by atoms with E-state index in [9.17, 15) is 0 Å². The SMILES string of the molecule is Cc1cc2c(N(C)CCC#N)nc(Cl)nc2s1. The fraction of sp³-hybridized carbons (Fsp3) is 0.364. The number of halogens is 1. The van der Waals surface area contributed by atoms with Crippen LogP contribution in [0, 0.1) is 18.3 Å². The number of fused-ring (bicyclic) bond motifs is 1. The van der Waals surface area contributed by atoms with Gasteiger partial charge in [-0.25, -0.2) is 4.98 Å². The second-order valence-corrected chi connectivity index (χ2v) is 5.29. The van der Waals surface area contributed by atoms with Crippen molar-refractivity contribution in [3.63, 3.8) is 0 Å². The zero-order valence-electron chi connectivity index (χ0n) is 9.57. The zero-order chi connectivity index (χ0) is 12.4. The van der Waals surface area contributed by atoms with Gasteiger partial charge in [-0.2, -0.15) is 10.2 Å². The third-order valence-electron chi connectivity index (χ3n) is 2.39. The highest BCUT2D eigenvalue weighted by atomic mass is 35.5. The van der Waals surface area contributed by atoms with Gasteiger partial charge in [0.25, 0.3) is 0 Å². The van der Waals surface area contributed by atoms with E-state index in [2.05, 4.69) is 22.1 Å². The van der Waals surface area contributed by atoms with Gasteiger partial charge in [0.1, 0.15) is 10.6 Å². The molecule has 0 aliphatic carbocycles. The molecule has 4 nitrogen and oxygen atoms in total. The molecule has 0 amide bonds. The fourth-order valence-corrected chi connectivity index (χ4v) is 2.70. The van der Waals surface area contributed by atoms with Gasteiger partial charge in [0, 0.05) is 18.5 Å². The summed E-state index contributed by atoms with van der Waals surface area (Å²) in [7, 11) is 1.91. The first-order valence-electron chi connectivity index (χ1n) is 5.13. The molecule has 0 radical (unpaired) electrons. The van der Waals surface area contributed by atoms with Crippen LogP contribution in [0.15, 0.2) is 6.07 Å². The summed E-state index contributed by atoms with van der Waals surface area (Å²) < 4.78 is 0. The molecule has 0 fully saturated rings. The summed E-state index contributed by atoms with van der Waals surface area (Å²) in [6.45, 7) is 2.66. The lowest BCUT2D eigenvalue weighted by Crippen LogP contribution is -2.19. The van der Waals surface area contributed by atoms with E-state index in [-0.39, 0.29) is 5.28 Å². The second kappa shape index (κ2) is 4.86. The Labute approximate surface area is 108 Å². The summed E-state index contributed by atoms with van der Waals surface area (Å²) in [5, 5.41) is 9.85. The molecule has 0 spiro atoms. The molecule has 2 heterocycles. The van der Waals surface area contributed by atoms with Crippen LogP contribution in [0.1, 0.15) is 11.3 Å². The van der Waals surface area contributed by atoms with Crippen molar-refractivity contribution >= 4 is 39.0 Å². The maximum Gasteiger partial charge on any atom is 0.225 e. The minimum atomic E-state index is 0.248. The van der Waals surface area contributed by atoms with Gasteiger partial charge in [0.05, 0.1) is 17.9 Å². The topological polar surface area (TPSA) is 52.8 Å². The third-order valence-corrected chi connectivity index (χ3v) is 3.50. The fourth-order valence-electron chi connectivity index (χ4n) is 1.62. The Morgan fingerprint density at radius 3 is 3.00 bits per heavy atom. The predicted octanol–water partition coefficient (Wildman–Crippen LogP) is 3.00. The van der Waals surface area contributed by atoms with E-state index in [1.54, 1.807) is 11.3 Å². The first kappa shape index (κ1) is 12.1. The molecule has 0 aromatic carbocycles. The van der Waals surface area contributed by atoms with Crippen molar-refractivity contribution in [3.05, 3.63) is 16.2 Å². The van der Waals surface area contributed by atoms with Crippen molar-refractivity contribution in [3.8, 4) is 6.07 Å². The summed E-state index contributed by atoms with van der Waals surface area (Å²) in [6, 6.07) is 4.17. The van der Waals surface area contributed by atoms with E-state index < -0.39 is 0 Å². The molecule has 0 saturated carbocycles. The van der Waals surface area contributed by atoms with Crippen LogP contribution in [0.3, 0.4) is 0 Å². The summed E-state index contributed by atoms with van der Waals surface area (Å²) in [4.78, 5) is 12.4. The molecule has 0 N–H and O–H groups in total. The van der Waals surface area contributed by atoms with Crippen LogP contribution in [-0.2, 0) is 0 Å². The van der Waals surface area contributed by atoms with Crippen LogP contribution >= 0.6 is 22.9 Å². The minimum absolute atomic E-state index is 0.248. The molecule has 88 valence electrons. The van der Waals surface area contributed by atoms with E-state index in [0.29, 0.717) is 13.0 Å². The van der Waals surface area contributed by atoms with E-state index in [1.165, 1.54) is 4.88 Å². The van der Waals surface area contributed by atoms with Crippen LogP contribution in [0.2, 0.25) is 5.28 Å². The molecule has 2 aromatic rings. The Kier molecular flexibility index (Phi) is 3.46. The van der Waals surface area contributed by atoms with Gasteiger partial charge < -0.3 is 4.90 Å². The highest BCUT2D eigenvalue weighted by Gasteiger charge is 2.12. The minimum Gasteiger partial charge on any atom is -0.358 e. The Morgan fingerprint density at radius 1 is 1.53 bits per heavy atom. The molecule has 6 heteroatoms. The van der Waals surface area contributed by atoms with Crippen LogP contribution in [-0.4, -0.2) is 23.6 Å². The number of anilines is 1. The highest BCUT2D eigenvalue weighted by Crippen LogP contribution is 2.31. The van der Waals surface area contributed by atoms with Crippen molar-refractivity contribution < 1.29 is 0 Å². The average molecular weight is 267 g/mol. The van der Waals surface area contributed by atoms with E-state index in [4.69, 9.17) is 16.9 Å². The number of rotatable bonds is 3. The second-order valence-electron chi connectivity index (χ2n) is 3.72. The molecular weight excluding hydrogens is 256 g/mol. The van der Waals surface area contributed by atoms with Gasteiger partial charge in [0.15, 0.2) is 0 Å². The Bertz CT molecular complexity index is 587. The third kappa shape index (κ3) is 2.48. The van der Waals surface area contributed by atoms with Crippen LogP contribution in [0.4, 0.5) is 5.82 Å². The number of nitriles is 1. The molecule has 0 atom stereocenters. The zero-order valence-corrected chi connectivity index (χ0v) is 11.1. The van der Waals surface area contributed by atoms with Gasteiger partial charge in [-0.3, -0.25) is 0 Å². The summed E-state index contributed by atoms with van der Waals surface area (Å²) in [6.07, 6.45) is 0.461. The number of thiophene rings is 1. The van der Waals surface area contributed by atoms with E-state index in [1.807, 2.05) is 18.9 Å². The molecule has 0 unspecified atom stereocenters. The van der Waals surface area contributed by atoms with Crippen molar-refractivity contribution in [2.75, 3.05) is 18.5 Å². The maximum absolute atomic E-state index is 8.60. The standard InChI is InChI=1S/C11H11ClN4S/c1-7-6-8-9(16(2)5-3-4-13)14-11(12)15-10(8)17-7/h6H,3,5H2,1-2H3. The monoisotopic (exact) mass is 266 g/mol. The number of aromatic nitrogens is 2. The van der Waals surface area contributed by atoms with Crippen molar-refractivity contribution in [1.82, 2.24) is 9.97 Å². The highest BCUT2D eigenvalue weighted by molar-refractivity contribution is 7.18. The van der Waals surface area contributed by atoms with Gasteiger partial charge in [-0.15, -0.1) is 11.3 Å². The summed E-state index contributed by atoms with van der Waals surface area (Å²) in [5.74, 6) is 0.791. The van der Waals surface area contributed by atoms with Crippen molar-refractivity contribution in [1.29, 1.82) is 5.26 Å². The number of aryl methyl sites for hydroxylation is 1. The molecule has 0 bridgehead atoms. The summed E-state index contributed by atoms with van der Waals surface area (Å²) >= 11 is 7.50. The van der Waals surface area contributed by atoms with Gasteiger partial charge in [-0.1, -0.05) is 0 Å². The molecule has 17 heavy (non-hydrogen) atoms. The van der Waals surface area contributed by atoms with Gasteiger partial charge in [0.2, 0.25) is 5.28 Å². The molecular formula is C11H11ClN4S. The van der Waals surface area contributed by atoms with Crippen LogP contribution in [0.5, 0.6) is 0 Å². The Morgan fingerprint density at radius 2 is 2.29 bits per heavy atom. The number of nitrogens with zero attached hydrogens (tertiary/aromatic N) is 4. The molecule has 0 saturated heterocycles. The number of hydrogen-bond acceptors (Lipinski definition) is 5. The van der Waals surface area contributed by atoms with Crippen LogP contribution in [0.25, 0.3) is 10.2 Å². The van der Waals surface area contributed by atoms with Crippen LogP contribution < -0.4 is 4.90 Å². The molecule has 0 aliphatic heterocycles. The maximum atomic E-state index is 8.60. The van der Waals surface area contributed by atoms with Gasteiger partial charge >= 0.3 is 0 Å². The molecule has 0 aliphatic rings. The van der Waals surface area contributed by atoms with E-state index >= 15 is 0 Å². The lowest BCUT2D eigenvalue weighted by molar-refractivity contribution is 0.887. The average Bonchev–Trinajstić information content (AvgIpc) is 2.64. The normalized spacial score (nSPS) is 10.5. The van der Waals surface area contributed by atoms with E-state index in [0.717, 1.165) is 16.0 Å². The lowest BCUT2D eigenvalue weighted by atomic mass is 10.3. The predicted molar refractivity (Wildman–Crippen MR) is 70.7 cm³/mol. The Hall–Kier alpha value is -1.38. The smallest absolute Gasteiger partial charge is 0.225 e. The first-order chi connectivity index (χ1) is 8.11. The number of hydrogen-bond donors (Lipinski definition) is 0. The Balaban J connectivity index is 2.48. The van der Waals surface area contributed by atoms with Gasteiger partial charge in [-0.05, 0) is 24.6 Å². The van der Waals surface area contributed by atoms with Crippen molar-refractivity contribution in [2.45, 2.75) is 13.3 Å². The molecule has 2 aromatic heterocycles.